The first-order valence-corrected chi connectivity index (χ1v) is 6.93. The zero-order valence-corrected chi connectivity index (χ0v) is 12.6. The van der Waals surface area contributed by atoms with Crippen molar-refractivity contribution >= 4 is 22.8 Å². The van der Waals surface area contributed by atoms with Crippen molar-refractivity contribution < 1.29 is 19.1 Å². The van der Waals surface area contributed by atoms with Crippen LogP contribution in [-0.4, -0.2) is 42.6 Å². The Hall–Kier alpha value is -2.63. The van der Waals surface area contributed by atoms with Gasteiger partial charge in [-0.3, -0.25) is 9.78 Å². The SMILES string of the molecule is COC(=O)N(C)CCCC(=O)Oc1ccc2ccncc2c1. The minimum Gasteiger partial charge on any atom is -0.453 e. The molecule has 116 valence electrons. The molecular formula is C16H18N2O4. The molecule has 1 aromatic carbocycles. The van der Waals surface area contributed by atoms with Crippen LogP contribution in [-0.2, 0) is 9.53 Å². The molecule has 6 nitrogen and oxygen atoms in total. The van der Waals surface area contributed by atoms with Gasteiger partial charge < -0.3 is 14.4 Å². The monoisotopic (exact) mass is 302 g/mol. The number of ether oxygens (including phenoxy) is 2. The fraction of sp³-hybridized carbons (Fsp3) is 0.312. The summed E-state index contributed by atoms with van der Waals surface area (Å²) in [5.41, 5.74) is 0. The second kappa shape index (κ2) is 7.40. The molecule has 1 amide bonds. The van der Waals surface area contributed by atoms with Crippen molar-refractivity contribution in [3.8, 4) is 5.75 Å². The second-order valence-corrected chi connectivity index (χ2v) is 4.85. The number of rotatable bonds is 5. The molecule has 0 aliphatic heterocycles. The zero-order valence-electron chi connectivity index (χ0n) is 12.6. The van der Waals surface area contributed by atoms with Crippen molar-refractivity contribution in [1.29, 1.82) is 0 Å². The third kappa shape index (κ3) is 4.18. The Kier molecular flexibility index (Phi) is 5.30. The van der Waals surface area contributed by atoms with Gasteiger partial charge >= 0.3 is 12.1 Å². The summed E-state index contributed by atoms with van der Waals surface area (Å²) in [5, 5.41) is 1.95. The van der Waals surface area contributed by atoms with Crippen LogP contribution in [0, 0.1) is 0 Å². The molecule has 0 aliphatic rings. The highest BCUT2D eigenvalue weighted by atomic mass is 16.5. The van der Waals surface area contributed by atoms with E-state index in [1.165, 1.54) is 12.0 Å². The molecule has 2 aromatic rings. The summed E-state index contributed by atoms with van der Waals surface area (Å²) in [5.74, 6) is 0.160. The highest BCUT2D eigenvalue weighted by Gasteiger charge is 2.10. The van der Waals surface area contributed by atoms with E-state index < -0.39 is 6.09 Å². The first-order chi connectivity index (χ1) is 10.6. The smallest absolute Gasteiger partial charge is 0.409 e. The second-order valence-electron chi connectivity index (χ2n) is 4.85. The number of carbonyl (C=O) groups excluding carboxylic acids is 2. The van der Waals surface area contributed by atoms with Crippen LogP contribution in [0.5, 0.6) is 5.75 Å². The quantitative estimate of drug-likeness (QED) is 0.627. The van der Waals surface area contributed by atoms with Gasteiger partial charge in [-0.25, -0.2) is 4.79 Å². The molecule has 0 aliphatic carbocycles. The third-order valence-electron chi connectivity index (χ3n) is 3.20. The fourth-order valence-electron chi connectivity index (χ4n) is 2.02. The van der Waals surface area contributed by atoms with E-state index in [1.54, 1.807) is 31.6 Å². The van der Waals surface area contributed by atoms with E-state index in [9.17, 15) is 9.59 Å². The summed E-state index contributed by atoms with van der Waals surface area (Å²) in [6.45, 7) is 0.434. The zero-order chi connectivity index (χ0) is 15.9. The summed E-state index contributed by atoms with van der Waals surface area (Å²) in [7, 11) is 2.94. The van der Waals surface area contributed by atoms with E-state index in [1.807, 2.05) is 12.1 Å². The number of aromatic nitrogens is 1. The number of esters is 1. The van der Waals surface area contributed by atoms with Gasteiger partial charge in [0.05, 0.1) is 7.11 Å². The van der Waals surface area contributed by atoms with Crippen LogP contribution in [0.25, 0.3) is 10.8 Å². The molecule has 0 radical (unpaired) electrons. The Morgan fingerprint density at radius 3 is 2.82 bits per heavy atom. The van der Waals surface area contributed by atoms with Crippen molar-refractivity contribution in [2.24, 2.45) is 0 Å². The highest BCUT2D eigenvalue weighted by molar-refractivity contribution is 5.83. The lowest BCUT2D eigenvalue weighted by Gasteiger charge is -2.14. The van der Waals surface area contributed by atoms with Gasteiger partial charge in [-0.05, 0) is 30.0 Å². The number of amides is 1. The van der Waals surface area contributed by atoms with Gasteiger partial charge in [-0.1, -0.05) is 6.07 Å². The van der Waals surface area contributed by atoms with Crippen LogP contribution >= 0.6 is 0 Å². The Labute approximate surface area is 128 Å². The van der Waals surface area contributed by atoms with Crippen LogP contribution in [0.15, 0.2) is 36.7 Å². The van der Waals surface area contributed by atoms with Gasteiger partial charge in [0.15, 0.2) is 0 Å². The minimum absolute atomic E-state index is 0.229. The Morgan fingerprint density at radius 2 is 2.05 bits per heavy atom. The summed E-state index contributed by atoms with van der Waals surface area (Å²) < 4.78 is 9.86. The first kappa shape index (κ1) is 15.8. The first-order valence-electron chi connectivity index (χ1n) is 6.93. The Balaban J connectivity index is 1.84. The highest BCUT2D eigenvalue weighted by Crippen LogP contribution is 2.20. The van der Waals surface area contributed by atoms with Gasteiger partial charge in [0.2, 0.25) is 0 Å². The number of hydrogen-bond donors (Lipinski definition) is 0. The third-order valence-corrected chi connectivity index (χ3v) is 3.20. The standard InChI is InChI=1S/C16H18N2O4/c1-18(16(20)21-2)9-3-4-15(19)22-14-6-5-12-7-8-17-11-13(12)10-14/h5-8,10-11H,3-4,9H2,1-2H3. The van der Waals surface area contributed by atoms with Crippen molar-refractivity contribution in [2.45, 2.75) is 12.8 Å². The maximum absolute atomic E-state index is 11.8. The molecule has 6 heteroatoms. The van der Waals surface area contributed by atoms with E-state index >= 15 is 0 Å². The van der Waals surface area contributed by atoms with Crippen LogP contribution in [0.1, 0.15) is 12.8 Å². The average Bonchev–Trinajstić information content (AvgIpc) is 2.53. The molecule has 0 saturated heterocycles. The van der Waals surface area contributed by atoms with Crippen LogP contribution in [0.4, 0.5) is 4.79 Å². The number of fused-ring (bicyclic) bond motifs is 1. The summed E-state index contributed by atoms with van der Waals surface area (Å²) >= 11 is 0. The fourth-order valence-corrected chi connectivity index (χ4v) is 2.02. The lowest BCUT2D eigenvalue weighted by Crippen LogP contribution is -2.28. The number of carbonyl (C=O) groups is 2. The lowest BCUT2D eigenvalue weighted by molar-refractivity contribution is -0.134. The molecule has 2 rings (SSSR count). The van der Waals surface area contributed by atoms with Gasteiger partial charge in [0.25, 0.3) is 0 Å². The summed E-state index contributed by atoms with van der Waals surface area (Å²) in [6, 6.07) is 7.30. The van der Waals surface area contributed by atoms with E-state index in [0.29, 0.717) is 18.7 Å². The minimum atomic E-state index is -0.421. The van der Waals surface area contributed by atoms with Crippen LogP contribution < -0.4 is 4.74 Å². The van der Waals surface area contributed by atoms with E-state index in [4.69, 9.17) is 4.74 Å². The number of benzene rings is 1. The average molecular weight is 302 g/mol. The molecule has 22 heavy (non-hydrogen) atoms. The molecule has 0 unspecified atom stereocenters. The number of nitrogens with zero attached hydrogens (tertiary/aromatic N) is 2. The van der Waals surface area contributed by atoms with Crippen LogP contribution in [0.3, 0.4) is 0 Å². The topological polar surface area (TPSA) is 68.7 Å². The predicted molar refractivity (Wildman–Crippen MR) is 81.6 cm³/mol. The predicted octanol–water partition coefficient (Wildman–Crippen LogP) is 2.62. The van der Waals surface area contributed by atoms with Crippen LogP contribution in [0.2, 0.25) is 0 Å². The normalized spacial score (nSPS) is 10.3. The molecule has 1 aromatic heterocycles. The molecular weight excluding hydrogens is 284 g/mol. The molecule has 0 spiro atoms. The van der Waals surface area contributed by atoms with Gasteiger partial charge in [0, 0.05) is 37.8 Å². The number of hydrogen-bond acceptors (Lipinski definition) is 5. The molecule has 0 saturated carbocycles. The van der Waals surface area contributed by atoms with Gasteiger partial charge in [-0.2, -0.15) is 0 Å². The lowest BCUT2D eigenvalue weighted by atomic mass is 10.2. The van der Waals surface area contributed by atoms with Crippen molar-refractivity contribution in [3.05, 3.63) is 36.7 Å². The molecule has 0 N–H and O–H groups in total. The number of methoxy groups -OCH3 is 1. The summed E-state index contributed by atoms with van der Waals surface area (Å²) in [4.78, 5) is 28.4. The molecule has 0 atom stereocenters. The van der Waals surface area contributed by atoms with E-state index in [-0.39, 0.29) is 12.4 Å². The molecule has 1 heterocycles. The molecule has 0 fully saturated rings. The van der Waals surface area contributed by atoms with E-state index in [2.05, 4.69) is 9.72 Å². The maximum Gasteiger partial charge on any atom is 0.409 e. The van der Waals surface area contributed by atoms with Crippen molar-refractivity contribution in [1.82, 2.24) is 9.88 Å². The number of pyridine rings is 1. The maximum atomic E-state index is 11.8. The largest absolute Gasteiger partial charge is 0.453 e. The van der Waals surface area contributed by atoms with Gasteiger partial charge in [0.1, 0.15) is 5.75 Å². The van der Waals surface area contributed by atoms with E-state index in [0.717, 1.165) is 10.8 Å². The Bertz CT molecular complexity index is 672. The summed E-state index contributed by atoms with van der Waals surface area (Å²) in [6.07, 6.45) is 3.76. The van der Waals surface area contributed by atoms with Crippen molar-refractivity contribution in [2.75, 3.05) is 20.7 Å². The van der Waals surface area contributed by atoms with Crippen molar-refractivity contribution in [3.63, 3.8) is 0 Å². The van der Waals surface area contributed by atoms with Gasteiger partial charge in [-0.15, -0.1) is 0 Å². The molecule has 0 bridgehead atoms. The Morgan fingerprint density at radius 1 is 1.23 bits per heavy atom.